The number of nitrogens with zero attached hydrogens (tertiary/aromatic N) is 1. The Labute approximate surface area is 124 Å². The lowest BCUT2D eigenvalue weighted by molar-refractivity contribution is 0.409. The molecule has 3 heteroatoms. The minimum atomic E-state index is -1.15. The van der Waals surface area contributed by atoms with E-state index in [1.165, 1.54) is 50.1 Å². The van der Waals surface area contributed by atoms with Gasteiger partial charge in [0.15, 0.2) is 0 Å². The van der Waals surface area contributed by atoms with Gasteiger partial charge in [-0.25, -0.2) is 0 Å². The van der Waals surface area contributed by atoms with Crippen LogP contribution in [-0.4, -0.2) is 34.0 Å². The van der Waals surface area contributed by atoms with Gasteiger partial charge < -0.3 is 4.57 Å². The van der Waals surface area contributed by atoms with E-state index in [0.717, 1.165) is 0 Å². The molecule has 0 heterocycles. The Balaban J connectivity index is 4.60. The predicted octanol–water partition coefficient (Wildman–Crippen LogP) is 5.53. The normalized spacial score (nSPS) is 13.0. The van der Waals surface area contributed by atoms with Gasteiger partial charge in [0.1, 0.15) is 8.24 Å². The molecule has 0 aliphatic rings. The molecular weight excluding hydrogens is 262 g/mol. The van der Waals surface area contributed by atoms with E-state index in [0.29, 0.717) is 0 Å². The zero-order valence-corrected chi connectivity index (χ0v) is 16.4. The summed E-state index contributed by atoms with van der Waals surface area (Å²) in [7, 11) is -2.26. The van der Waals surface area contributed by atoms with Crippen molar-refractivity contribution in [3.63, 3.8) is 0 Å². The quantitative estimate of drug-likeness (QED) is 0.454. The van der Waals surface area contributed by atoms with Crippen molar-refractivity contribution in [2.24, 2.45) is 0 Å². The summed E-state index contributed by atoms with van der Waals surface area (Å²) < 4.78 is 2.92. The highest BCUT2D eigenvalue weighted by atomic mass is 28.3. The lowest BCUT2D eigenvalue weighted by atomic mass is 10.4. The number of hydrogen-bond acceptors (Lipinski definition) is 1. The van der Waals surface area contributed by atoms with Crippen LogP contribution in [0.25, 0.3) is 0 Å². The molecule has 0 unspecified atom stereocenters. The lowest BCUT2D eigenvalue weighted by Crippen LogP contribution is -2.53. The van der Waals surface area contributed by atoms with Crippen LogP contribution < -0.4 is 0 Å². The molecule has 0 rings (SSSR count). The Morgan fingerprint density at radius 3 is 1.84 bits per heavy atom. The summed E-state index contributed by atoms with van der Waals surface area (Å²) in [6.45, 7) is 21.1. The maximum atomic E-state index is 4.02. The molecule has 0 aliphatic carbocycles. The van der Waals surface area contributed by atoms with Crippen LogP contribution in [0.3, 0.4) is 0 Å². The Hall–Kier alpha value is 0.134. The minimum absolute atomic E-state index is 1.10. The Bertz CT molecular complexity index is 239. The SMILES string of the molecule is C=C[Si](C)(C)CCCN(CCC)[Si](CC)(CC)CC. The highest BCUT2D eigenvalue weighted by Crippen LogP contribution is 2.26. The third-order valence-corrected chi connectivity index (χ3v) is 13.4. The Kier molecular flexibility index (Phi) is 9.20. The first-order valence-corrected chi connectivity index (χ1v) is 14.1. The summed E-state index contributed by atoms with van der Waals surface area (Å²) >= 11 is 0. The van der Waals surface area contributed by atoms with Crippen molar-refractivity contribution in [2.75, 3.05) is 13.1 Å². The molecule has 0 N–H and O–H groups in total. The van der Waals surface area contributed by atoms with Gasteiger partial charge in [0.05, 0.1) is 8.07 Å². The van der Waals surface area contributed by atoms with Gasteiger partial charge in [-0.2, -0.15) is 0 Å². The smallest absolute Gasteiger partial charge is 0.127 e. The maximum Gasteiger partial charge on any atom is 0.127 e. The third kappa shape index (κ3) is 5.96. The third-order valence-electron chi connectivity index (χ3n) is 4.94. The molecule has 0 radical (unpaired) electrons. The molecule has 0 fully saturated rings. The summed E-state index contributed by atoms with van der Waals surface area (Å²) in [6.07, 6.45) is 2.68. The van der Waals surface area contributed by atoms with Crippen LogP contribution in [0.4, 0.5) is 0 Å². The molecule has 19 heavy (non-hydrogen) atoms. The molecule has 0 aromatic rings. The Morgan fingerprint density at radius 2 is 1.47 bits per heavy atom. The van der Waals surface area contributed by atoms with E-state index in [2.05, 4.69) is 57.6 Å². The van der Waals surface area contributed by atoms with Crippen molar-refractivity contribution < 1.29 is 0 Å². The van der Waals surface area contributed by atoms with Crippen LogP contribution in [0.5, 0.6) is 0 Å². The van der Waals surface area contributed by atoms with Crippen LogP contribution in [-0.2, 0) is 0 Å². The highest BCUT2D eigenvalue weighted by Gasteiger charge is 2.33. The molecule has 0 aromatic heterocycles. The summed E-state index contributed by atoms with van der Waals surface area (Å²) in [5.41, 5.74) is 2.25. The van der Waals surface area contributed by atoms with Gasteiger partial charge in [-0.3, -0.25) is 0 Å². The fourth-order valence-corrected chi connectivity index (χ4v) is 8.55. The Morgan fingerprint density at radius 1 is 0.947 bits per heavy atom. The van der Waals surface area contributed by atoms with Crippen molar-refractivity contribution in [1.82, 2.24) is 4.57 Å². The van der Waals surface area contributed by atoms with Crippen molar-refractivity contribution in [2.45, 2.75) is 77.8 Å². The van der Waals surface area contributed by atoms with Gasteiger partial charge in [-0.1, -0.05) is 46.8 Å². The van der Waals surface area contributed by atoms with E-state index in [-0.39, 0.29) is 0 Å². The standard InChI is InChI=1S/C16H37NSi2/c1-8-14-17(19(10-3,11-4)12-5)15-13-16-18(6,7)9-2/h9H,2,8,10-16H2,1,3-7H3. The molecule has 0 bridgehead atoms. The predicted molar refractivity (Wildman–Crippen MR) is 96.2 cm³/mol. The van der Waals surface area contributed by atoms with Crippen molar-refractivity contribution >= 4 is 16.3 Å². The first-order chi connectivity index (χ1) is 8.91. The number of hydrogen-bond donors (Lipinski definition) is 0. The van der Waals surface area contributed by atoms with Gasteiger partial charge in [0.2, 0.25) is 0 Å². The van der Waals surface area contributed by atoms with E-state index < -0.39 is 16.3 Å². The van der Waals surface area contributed by atoms with E-state index in [1.807, 2.05) is 0 Å². The molecule has 0 saturated carbocycles. The monoisotopic (exact) mass is 299 g/mol. The first kappa shape index (κ1) is 19.1. The van der Waals surface area contributed by atoms with Crippen LogP contribution in [0.1, 0.15) is 40.5 Å². The fourth-order valence-electron chi connectivity index (χ4n) is 3.10. The summed E-state index contributed by atoms with van der Waals surface area (Å²) in [4.78, 5) is 0. The molecule has 0 spiro atoms. The molecule has 0 aliphatic heterocycles. The molecule has 0 amide bonds. The second-order valence-corrected chi connectivity index (χ2v) is 16.7. The van der Waals surface area contributed by atoms with Gasteiger partial charge in [-0.15, -0.1) is 12.3 Å². The second kappa shape index (κ2) is 9.14. The molecule has 114 valence electrons. The van der Waals surface area contributed by atoms with Crippen LogP contribution in [0, 0.1) is 0 Å². The molecule has 0 atom stereocenters. The van der Waals surface area contributed by atoms with E-state index in [4.69, 9.17) is 0 Å². The topological polar surface area (TPSA) is 3.24 Å². The van der Waals surface area contributed by atoms with Crippen LogP contribution in [0.15, 0.2) is 12.3 Å². The van der Waals surface area contributed by atoms with Crippen molar-refractivity contribution in [1.29, 1.82) is 0 Å². The van der Waals surface area contributed by atoms with Crippen molar-refractivity contribution in [3.05, 3.63) is 12.3 Å². The van der Waals surface area contributed by atoms with Gasteiger partial charge in [0, 0.05) is 0 Å². The van der Waals surface area contributed by atoms with E-state index in [9.17, 15) is 0 Å². The van der Waals surface area contributed by atoms with Gasteiger partial charge in [0.25, 0.3) is 0 Å². The number of rotatable bonds is 11. The molecule has 0 aromatic carbocycles. The van der Waals surface area contributed by atoms with Crippen LogP contribution in [0.2, 0.25) is 37.3 Å². The van der Waals surface area contributed by atoms with Crippen LogP contribution >= 0.6 is 0 Å². The van der Waals surface area contributed by atoms with E-state index >= 15 is 0 Å². The summed E-state index contributed by atoms with van der Waals surface area (Å²) in [5, 5.41) is 0. The molecular formula is C16H37NSi2. The second-order valence-electron chi connectivity index (χ2n) is 6.57. The lowest BCUT2D eigenvalue weighted by Gasteiger charge is -2.41. The van der Waals surface area contributed by atoms with Crippen molar-refractivity contribution in [3.8, 4) is 0 Å². The van der Waals surface area contributed by atoms with Gasteiger partial charge >= 0.3 is 0 Å². The summed E-state index contributed by atoms with van der Waals surface area (Å²) in [6, 6.07) is 5.66. The minimum Gasteiger partial charge on any atom is -0.323 e. The summed E-state index contributed by atoms with van der Waals surface area (Å²) in [5.74, 6) is 0. The van der Waals surface area contributed by atoms with E-state index in [1.54, 1.807) is 0 Å². The molecule has 1 nitrogen and oxygen atoms in total. The maximum absolute atomic E-state index is 4.02. The largest absolute Gasteiger partial charge is 0.323 e. The fraction of sp³-hybridized carbons (Fsp3) is 0.875. The zero-order valence-electron chi connectivity index (χ0n) is 14.4. The molecule has 0 saturated heterocycles. The van der Waals surface area contributed by atoms with Gasteiger partial charge in [-0.05, 0) is 44.1 Å². The highest BCUT2D eigenvalue weighted by molar-refractivity contribution is 6.82. The first-order valence-electron chi connectivity index (χ1n) is 8.30. The zero-order chi connectivity index (χ0) is 14.9. The average molecular weight is 300 g/mol. The average Bonchev–Trinajstić information content (AvgIpc) is 2.41.